The van der Waals surface area contributed by atoms with Crippen LogP contribution < -0.4 is 32.5 Å². The van der Waals surface area contributed by atoms with Crippen LogP contribution in [0, 0.1) is 0 Å². The van der Waals surface area contributed by atoms with Crippen molar-refractivity contribution in [1.29, 1.82) is 0 Å². The molecule has 10 nitrogen and oxygen atoms in total. The summed E-state index contributed by atoms with van der Waals surface area (Å²) in [5.41, 5.74) is -1.92. The van der Waals surface area contributed by atoms with Gasteiger partial charge >= 0.3 is 6.03 Å². The number of nitrogens with zero attached hydrogens (tertiary/aromatic N) is 3. The van der Waals surface area contributed by atoms with E-state index < -0.39 is 35.0 Å². The van der Waals surface area contributed by atoms with E-state index in [1.807, 2.05) is 0 Å². The zero-order chi connectivity index (χ0) is 15.7. The Morgan fingerprint density at radius 2 is 1.57 bits per heavy atom. The molecule has 2 heterocycles. The van der Waals surface area contributed by atoms with Crippen molar-refractivity contribution in [3.8, 4) is 0 Å². The van der Waals surface area contributed by atoms with E-state index in [-0.39, 0.29) is 10.7 Å². The Morgan fingerprint density at radius 3 is 2.05 bits per heavy atom. The second-order valence-corrected chi connectivity index (χ2v) is 3.92. The molecule has 4 amide bonds. The number of hydrogen-bond donors (Lipinski definition) is 2. The van der Waals surface area contributed by atoms with Crippen molar-refractivity contribution in [2.75, 3.05) is 7.05 Å². The molecule has 0 aliphatic carbocycles. The molecule has 21 heavy (non-hydrogen) atoms. The van der Waals surface area contributed by atoms with E-state index in [0.29, 0.717) is 4.57 Å². The molecule has 1 aromatic rings. The van der Waals surface area contributed by atoms with Crippen molar-refractivity contribution in [3.63, 3.8) is 0 Å². The van der Waals surface area contributed by atoms with Crippen molar-refractivity contribution in [2.45, 2.75) is 6.04 Å². The number of urea groups is 1. The van der Waals surface area contributed by atoms with Crippen LogP contribution in [0.1, 0.15) is 6.04 Å². The summed E-state index contributed by atoms with van der Waals surface area (Å²) in [6.07, 6.45) is 1.03. The third kappa shape index (κ3) is 2.12. The standard InChI is InChI=1S/C11H9N5O5/c1-3-13-5-4(12-2)9(19)16(10(5)20)6-7(17)14-11(21)15-8(6)18/h3,6H,1H2,2H3,(H2,14,15,17,18,21)/b12-4+,13-5+. The van der Waals surface area contributed by atoms with Gasteiger partial charge in [-0.15, -0.1) is 0 Å². The lowest BCUT2D eigenvalue weighted by Crippen LogP contribution is -2.59. The number of carbonyl (C=O) groups is 3. The lowest BCUT2D eigenvalue weighted by molar-refractivity contribution is -0.135. The van der Waals surface area contributed by atoms with Crippen LogP contribution in [0.4, 0.5) is 4.79 Å². The van der Waals surface area contributed by atoms with E-state index >= 15 is 0 Å². The van der Waals surface area contributed by atoms with Crippen LogP contribution in [0.2, 0.25) is 0 Å². The third-order valence-electron chi connectivity index (χ3n) is 2.74. The smallest absolute Gasteiger partial charge is 0.281 e. The second kappa shape index (κ2) is 5.07. The maximum Gasteiger partial charge on any atom is 0.328 e. The average molecular weight is 291 g/mol. The van der Waals surface area contributed by atoms with Gasteiger partial charge in [0.15, 0.2) is 16.8 Å². The van der Waals surface area contributed by atoms with E-state index in [1.54, 1.807) is 10.6 Å². The molecule has 0 atom stereocenters. The molecule has 1 aromatic heterocycles. The molecule has 0 aromatic carbocycles. The van der Waals surface area contributed by atoms with Gasteiger partial charge in [0.25, 0.3) is 22.9 Å². The Bertz CT molecular complexity index is 864. The van der Waals surface area contributed by atoms with Crippen LogP contribution in [0.25, 0.3) is 0 Å². The molecular formula is C11H9N5O5. The molecule has 10 heteroatoms. The molecule has 1 aliphatic heterocycles. The van der Waals surface area contributed by atoms with Gasteiger partial charge in [0.05, 0.1) is 0 Å². The van der Waals surface area contributed by atoms with Gasteiger partial charge in [0.2, 0.25) is 0 Å². The number of amides is 4. The van der Waals surface area contributed by atoms with Gasteiger partial charge in [-0.05, 0) is 0 Å². The lowest BCUT2D eigenvalue weighted by Gasteiger charge is -2.20. The number of carbonyl (C=O) groups excluding carboxylic acids is 3. The third-order valence-corrected chi connectivity index (χ3v) is 2.74. The van der Waals surface area contributed by atoms with Gasteiger partial charge in [0.1, 0.15) is 0 Å². The minimum Gasteiger partial charge on any atom is -0.281 e. The van der Waals surface area contributed by atoms with Crippen LogP contribution in [-0.4, -0.2) is 29.5 Å². The van der Waals surface area contributed by atoms with Crippen molar-refractivity contribution >= 4 is 17.8 Å². The first-order valence-corrected chi connectivity index (χ1v) is 5.61. The van der Waals surface area contributed by atoms with E-state index in [1.165, 1.54) is 7.05 Å². The average Bonchev–Trinajstić information content (AvgIpc) is 2.62. The number of barbiturate groups is 1. The SMILES string of the molecule is C=C/N=c1/c(=O)n(C2C(=O)NC(=O)NC2=O)c(=O)/c1=N/C. The summed E-state index contributed by atoms with van der Waals surface area (Å²) >= 11 is 0. The summed E-state index contributed by atoms with van der Waals surface area (Å²) < 4.78 is 0.405. The molecule has 1 fully saturated rings. The van der Waals surface area contributed by atoms with Gasteiger partial charge in [-0.1, -0.05) is 6.58 Å². The largest absolute Gasteiger partial charge is 0.328 e. The number of aromatic nitrogens is 1. The Morgan fingerprint density at radius 1 is 1.05 bits per heavy atom. The zero-order valence-electron chi connectivity index (χ0n) is 10.7. The predicted octanol–water partition coefficient (Wildman–Crippen LogP) is -3.43. The maximum atomic E-state index is 12.1. The van der Waals surface area contributed by atoms with Gasteiger partial charge in [-0.3, -0.25) is 34.8 Å². The first-order valence-electron chi connectivity index (χ1n) is 5.61. The second-order valence-electron chi connectivity index (χ2n) is 3.92. The Kier molecular flexibility index (Phi) is 3.44. The molecule has 2 rings (SSSR count). The minimum absolute atomic E-state index is 0.294. The van der Waals surface area contributed by atoms with Crippen LogP contribution >= 0.6 is 0 Å². The summed E-state index contributed by atoms with van der Waals surface area (Å²) in [6.45, 7) is 3.30. The summed E-state index contributed by atoms with van der Waals surface area (Å²) in [4.78, 5) is 65.9. The normalized spacial score (nSPS) is 17.9. The fourth-order valence-corrected chi connectivity index (χ4v) is 1.91. The molecular weight excluding hydrogens is 282 g/mol. The summed E-state index contributed by atoms with van der Waals surface area (Å²) in [6, 6.07) is -2.82. The van der Waals surface area contributed by atoms with E-state index in [0.717, 1.165) is 6.20 Å². The fraction of sp³-hybridized carbons (Fsp3) is 0.182. The monoisotopic (exact) mass is 291 g/mol. The van der Waals surface area contributed by atoms with Crippen molar-refractivity contribution < 1.29 is 14.4 Å². The van der Waals surface area contributed by atoms with Gasteiger partial charge in [-0.25, -0.2) is 14.4 Å². The molecule has 0 radical (unpaired) electrons. The fourth-order valence-electron chi connectivity index (χ4n) is 1.91. The Labute approximate surface area is 115 Å². The summed E-state index contributed by atoms with van der Waals surface area (Å²) in [5, 5.41) is 2.99. The molecule has 0 unspecified atom stereocenters. The Balaban J connectivity index is 2.81. The highest BCUT2D eigenvalue weighted by atomic mass is 16.2. The number of nitrogens with one attached hydrogen (secondary N) is 2. The van der Waals surface area contributed by atoms with Crippen molar-refractivity contribution in [2.24, 2.45) is 9.98 Å². The first-order chi connectivity index (χ1) is 9.92. The predicted molar refractivity (Wildman–Crippen MR) is 67.3 cm³/mol. The van der Waals surface area contributed by atoms with Gasteiger partial charge in [0, 0.05) is 13.2 Å². The Hall–Kier alpha value is -3.17. The number of rotatable bonds is 2. The van der Waals surface area contributed by atoms with Gasteiger partial charge < -0.3 is 0 Å². The lowest BCUT2D eigenvalue weighted by atomic mass is 10.2. The van der Waals surface area contributed by atoms with Crippen LogP contribution in [0.15, 0.2) is 32.4 Å². The van der Waals surface area contributed by atoms with Crippen LogP contribution in [-0.2, 0) is 9.59 Å². The minimum atomic E-state index is -1.79. The zero-order valence-corrected chi connectivity index (χ0v) is 10.7. The first kappa shape index (κ1) is 14.2. The number of imide groups is 2. The van der Waals surface area contributed by atoms with Gasteiger partial charge in [-0.2, -0.15) is 0 Å². The van der Waals surface area contributed by atoms with E-state index in [4.69, 9.17) is 0 Å². The molecule has 1 aliphatic rings. The highest BCUT2D eigenvalue weighted by molar-refractivity contribution is 6.17. The highest BCUT2D eigenvalue weighted by Gasteiger charge is 2.38. The highest BCUT2D eigenvalue weighted by Crippen LogP contribution is 2.04. The molecule has 0 saturated carbocycles. The molecule has 0 bridgehead atoms. The molecule has 1 saturated heterocycles. The molecule has 2 N–H and O–H groups in total. The van der Waals surface area contributed by atoms with Crippen molar-refractivity contribution in [1.82, 2.24) is 15.2 Å². The van der Waals surface area contributed by atoms with Crippen LogP contribution in [0.5, 0.6) is 0 Å². The maximum absolute atomic E-state index is 12.1. The van der Waals surface area contributed by atoms with Crippen LogP contribution in [0.3, 0.4) is 0 Å². The van der Waals surface area contributed by atoms with E-state index in [2.05, 4.69) is 16.6 Å². The quantitative estimate of drug-likeness (QED) is 0.546. The molecule has 108 valence electrons. The van der Waals surface area contributed by atoms with E-state index in [9.17, 15) is 24.0 Å². The molecule has 0 spiro atoms. The van der Waals surface area contributed by atoms with Crippen molar-refractivity contribution in [3.05, 3.63) is 44.2 Å². The summed E-state index contributed by atoms with van der Waals surface area (Å²) in [7, 11) is 1.26. The number of hydrogen-bond acceptors (Lipinski definition) is 7. The summed E-state index contributed by atoms with van der Waals surface area (Å²) in [5.74, 6) is -2.17. The topological polar surface area (TPSA) is 139 Å².